The highest BCUT2D eigenvalue weighted by Crippen LogP contribution is 2.28. The highest BCUT2D eigenvalue weighted by Gasteiger charge is 2.39. The summed E-state index contributed by atoms with van der Waals surface area (Å²) in [6, 6.07) is 10.1. The standard InChI is InChI=1S/C23H26N4O6S2/c1-3-33-14-13-25-20-15-17(27(29)30)8-11-21(20)34-23(25)24-22(28)19-5-4-12-26(19)35(31,32)18-9-6-16(2)7-10-18/h6-11,15,19H,3-5,12-14H2,1-2H3. The number of non-ortho nitro benzene ring substituents is 1. The molecule has 1 unspecified atom stereocenters. The highest BCUT2D eigenvalue weighted by molar-refractivity contribution is 7.89. The molecule has 12 heteroatoms. The normalized spacial score (nSPS) is 17.3. The van der Waals surface area contributed by atoms with E-state index < -0.39 is 26.9 Å². The number of hydrogen-bond donors (Lipinski definition) is 0. The number of fused-ring (bicyclic) bond motifs is 1. The molecule has 186 valence electrons. The molecule has 0 radical (unpaired) electrons. The van der Waals surface area contributed by atoms with E-state index in [4.69, 9.17) is 4.74 Å². The average Bonchev–Trinajstić information content (AvgIpc) is 3.45. The quantitative estimate of drug-likeness (QED) is 0.256. The zero-order valence-electron chi connectivity index (χ0n) is 19.4. The van der Waals surface area contributed by atoms with Crippen LogP contribution < -0.4 is 4.80 Å². The molecule has 4 rings (SSSR count). The topological polar surface area (TPSA) is 124 Å². The molecular weight excluding hydrogens is 492 g/mol. The van der Waals surface area contributed by atoms with Gasteiger partial charge in [-0.2, -0.15) is 9.30 Å². The number of rotatable bonds is 8. The van der Waals surface area contributed by atoms with Gasteiger partial charge in [0.1, 0.15) is 6.04 Å². The molecule has 0 aliphatic carbocycles. The van der Waals surface area contributed by atoms with E-state index >= 15 is 0 Å². The first kappa shape index (κ1) is 25.2. The maximum Gasteiger partial charge on any atom is 0.271 e. The van der Waals surface area contributed by atoms with Gasteiger partial charge in [0.05, 0.1) is 26.6 Å². The van der Waals surface area contributed by atoms with Crippen molar-refractivity contribution in [1.82, 2.24) is 8.87 Å². The number of hydrogen-bond acceptors (Lipinski definition) is 7. The molecule has 2 aromatic carbocycles. The van der Waals surface area contributed by atoms with Gasteiger partial charge in [0.2, 0.25) is 10.0 Å². The van der Waals surface area contributed by atoms with E-state index in [1.165, 1.54) is 27.8 Å². The molecule has 2 heterocycles. The molecule has 1 saturated heterocycles. The lowest BCUT2D eigenvalue weighted by atomic mass is 10.2. The molecular formula is C23H26N4O6S2. The molecule has 3 aromatic rings. The molecule has 35 heavy (non-hydrogen) atoms. The second kappa shape index (κ2) is 10.4. The predicted molar refractivity (Wildman–Crippen MR) is 132 cm³/mol. The van der Waals surface area contributed by atoms with Gasteiger partial charge in [0.25, 0.3) is 11.6 Å². The van der Waals surface area contributed by atoms with Crippen LogP contribution in [-0.4, -0.2) is 53.9 Å². The minimum Gasteiger partial charge on any atom is -0.380 e. The van der Waals surface area contributed by atoms with Crippen LogP contribution in [0.3, 0.4) is 0 Å². The lowest BCUT2D eigenvalue weighted by molar-refractivity contribution is -0.384. The Morgan fingerprint density at radius 1 is 1.26 bits per heavy atom. The summed E-state index contributed by atoms with van der Waals surface area (Å²) in [4.78, 5) is 28.9. The number of aromatic nitrogens is 1. The van der Waals surface area contributed by atoms with Crippen LogP contribution in [0.5, 0.6) is 0 Å². The Morgan fingerprint density at radius 3 is 2.69 bits per heavy atom. The summed E-state index contributed by atoms with van der Waals surface area (Å²) < 4.78 is 35.6. The van der Waals surface area contributed by atoms with Crippen molar-refractivity contribution >= 4 is 43.2 Å². The number of carbonyl (C=O) groups is 1. The molecule has 0 bridgehead atoms. The molecule has 0 spiro atoms. The van der Waals surface area contributed by atoms with Crippen molar-refractivity contribution < 1.29 is 22.9 Å². The Labute approximate surface area is 206 Å². The fourth-order valence-electron chi connectivity index (χ4n) is 4.06. The molecule has 1 amide bonds. The minimum atomic E-state index is -3.86. The van der Waals surface area contributed by atoms with E-state index in [2.05, 4.69) is 4.99 Å². The van der Waals surface area contributed by atoms with E-state index in [1.807, 2.05) is 13.8 Å². The Balaban J connectivity index is 1.72. The maximum atomic E-state index is 13.3. The number of benzene rings is 2. The predicted octanol–water partition coefficient (Wildman–Crippen LogP) is 3.24. The van der Waals surface area contributed by atoms with Crippen LogP contribution in [-0.2, 0) is 26.1 Å². The van der Waals surface area contributed by atoms with Crippen molar-refractivity contribution in [2.75, 3.05) is 19.8 Å². The van der Waals surface area contributed by atoms with E-state index in [0.29, 0.717) is 42.9 Å². The average molecular weight is 519 g/mol. The first-order valence-corrected chi connectivity index (χ1v) is 13.5. The fourth-order valence-corrected chi connectivity index (χ4v) is 6.75. The summed E-state index contributed by atoms with van der Waals surface area (Å²) in [6.07, 6.45) is 0.933. The summed E-state index contributed by atoms with van der Waals surface area (Å²) in [6.45, 7) is 5.16. The number of aryl methyl sites for hydroxylation is 1. The summed E-state index contributed by atoms with van der Waals surface area (Å²) in [5.74, 6) is -0.551. The second-order valence-electron chi connectivity index (χ2n) is 8.18. The third kappa shape index (κ3) is 5.20. The lowest BCUT2D eigenvalue weighted by Gasteiger charge is -2.21. The third-order valence-electron chi connectivity index (χ3n) is 5.86. The van der Waals surface area contributed by atoms with Gasteiger partial charge in [0.15, 0.2) is 4.80 Å². The van der Waals surface area contributed by atoms with Crippen molar-refractivity contribution in [3.63, 3.8) is 0 Å². The number of sulfonamides is 1. The fraction of sp³-hybridized carbons (Fsp3) is 0.391. The number of nitro groups is 1. The zero-order chi connectivity index (χ0) is 25.2. The maximum absolute atomic E-state index is 13.3. The van der Waals surface area contributed by atoms with Crippen molar-refractivity contribution in [2.45, 2.75) is 44.2 Å². The van der Waals surface area contributed by atoms with E-state index in [-0.39, 0.29) is 17.1 Å². The van der Waals surface area contributed by atoms with Gasteiger partial charge < -0.3 is 9.30 Å². The van der Waals surface area contributed by atoms with Crippen LogP contribution in [0, 0.1) is 17.0 Å². The number of carbonyl (C=O) groups excluding carboxylic acids is 1. The summed E-state index contributed by atoms with van der Waals surface area (Å²) in [5, 5.41) is 11.3. The monoisotopic (exact) mass is 518 g/mol. The van der Waals surface area contributed by atoms with E-state index in [0.717, 1.165) is 10.3 Å². The Hall–Kier alpha value is -2.93. The third-order valence-corrected chi connectivity index (χ3v) is 8.84. The van der Waals surface area contributed by atoms with Gasteiger partial charge in [-0.15, -0.1) is 0 Å². The first-order chi connectivity index (χ1) is 16.7. The highest BCUT2D eigenvalue weighted by atomic mass is 32.2. The number of thiazole rings is 1. The summed E-state index contributed by atoms with van der Waals surface area (Å²) >= 11 is 1.23. The number of ether oxygens (including phenoxy) is 1. The van der Waals surface area contributed by atoms with Gasteiger partial charge >= 0.3 is 0 Å². The van der Waals surface area contributed by atoms with Gasteiger partial charge in [-0.1, -0.05) is 29.0 Å². The zero-order valence-corrected chi connectivity index (χ0v) is 21.0. The first-order valence-electron chi connectivity index (χ1n) is 11.2. The molecule has 0 saturated carbocycles. The Kier molecular flexibility index (Phi) is 7.45. The largest absolute Gasteiger partial charge is 0.380 e. The van der Waals surface area contributed by atoms with Gasteiger partial charge in [-0.25, -0.2) is 8.42 Å². The summed E-state index contributed by atoms with van der Waals surface area (Å²) in [5.41, 5.74) is 1.45. The number of amides is 1. The molecule has 0 N–H and O–H groups in total. The molecule has 10 nitrogen and oxygen atoms in total. The van der Waals surface area contributed by atoms with E-state index in [9.17, 15) is 23.3 Å². The van der Waals surface area contributed by atoms with Crippen molar-refractivity contribution in [3.05, 3.63) is 62.9 Å². The van der Waals surface area contributed by atoms with E-state index in [1.54, 1.807) is 34.9 Å². The second-order valence-corrected chi connectivity index (χ2v) is 11.1. The molecule has 1 aliphatic rings. The van der Waals surface area contributed by atoms with Crippen LogP contribution >= 0.6 is 11.3 Å². The number of nitro benzene ring substituents is 1. The van der Waals surface area contributed by atoms with Crippen LogP contribution in [0.4, 0.5) is 5.69 Å². The van der Waals surface area contributed by atoms with Crippen LogP contribution in [0.15, 0.2) is 52.4 Å². The molecule has 1 aliphatic heterocycles. The lowest BCUT2D eigenvalue weighted by Crippen LogP contribution is -2.40. The van der Waals surface area contributed by atoms with Crippen molar-refractivity contribution in [3.8, 4) is 0 Å². The summed E-state index contributed by atoms with van der Waals surface area (Å²) in [7, 11) is -3.86. The van der Waals surface area contributed by atoms with Crippen LogP contribution in [0.2, 0.25) is 0 Å². The number of nitrogens with zero attached hydrogens (tertiary/aromatic N) is 4. The Morgan fingerprint density at radius 2 is 2.00 bits per heavy atom. The van der Waals surface area contributed by atoms with Gasteiger partial charge in [-0.05, 0) is 44.9 Å². The van der Waals surface area contributed by atoms with Crippen molar-refractivity contribution in [2.24, 2.45) is 4.99 Å². The minimum absolute atomic E-state index is 0.0653. The van der Waals surface area contributed by atoms with Crippen molar-refractivity contribution in [1.29, 1.82) is 0 Å². The van der Waals surface area contributed by atoms with Crippen LogP contribution in [0.1, 0.15) is 25.3 Å². The van der Waals surface area contributed by atoms with Crippen LogP contribution in [0.25, 0.3) is 10.2 Å². The molecule has 1 fully saturated rings. The Bertz CT molecular complexity index is 1430. The SMILES string of the molecule is CCOCCn1c(=NC(=O)C2CCCN2S(=O)(=O)c2ccc(C)cc2)sc2ccc([N+](=O)[O-])cc21. The molecule has 1 atom stereocenters. The smallest absolute Gasteiger partial charge is 0.271 e. The van der Waals surface area contributed by atoms with Gasteiger partial charge in [0, 0.05) is 31.8 Å². The van der Waals surface area contributed by atoms with Gasteiger partial charge in [-0.3, -0.25) is 14.9 Å². The molecule has 1 aromatic heterocycles.